The molecule has 0 radical (unpaired) electrons. The lowest BCUT2D eigenvalue weighted by Gasteiger charge is -2.17. The number of rotatable bonds is 3. The van der Waals surface area contributed by atoms with E-state index in [4.69, 9.17) is 22.7 Å². The summed E-state index contributed by atoms with van der Waals surface area (Å²) in [5.41, 5.74) is 7.85. The van der Waals surface area contributed by atoms with Gasteiger partial charge in [0, 0.05) is 21.7 Å². The van der Waals surface area contributed by atoms with E-state index in [2.05, 4.69) is 0 Å². The van der Waals surface area contributed by atoms with Crippen molar-refractivity contribution in [2.75, 3.05) is 0 Å². The average molecular weight is 305 g/mol. The molecule has 3 nitrogen and oxygen atoms in total. The predicted octanol–water partition coefficient (Wildman–Crippen LogP) is 3.94. The van der Waals surface area contributed by atoms with Crippen LogP contribution in [0.5, 0.6) is 0 Å². The molecule has 0 amide bonds. The van der Waals surface area contributed by atoms with Crippen molar-refractivity contribution in [2.24, 2.45) is 5.73 Å². The first kappa shape index (κ1) is 15.2. The van der Waals surface area contributed by atoms with E-state index in [-0.39, 0.29) is 11.6 Å². The highest BCUT2D eigenvalue weighted by Crippen LogP contribution is 2.34. The first-order chi connectivity index (χ1) is 9.82. The van der Waals surface area contributed by atoms with Crippen LogP contribution in [0.15, 0.2) is 30.3 Å². The van der Waals surface area contributed by atoms with Gasteiger partial charge in [0.25, 0.3) is 0 Å². The van der Waals surface area contributed by atoms with E-state index < -0.39 is 5.82 Å². The minimum absolute atomic E-state index is 0.211. The molecular weight excluding hydrogens is 291 g/mol. The number of Topliss-reactive ketones (excluding diaryl/α,β-unsaturated/α-hetero) is 1. The molecule has 3 N–H and O–H groups in total. The second-order valence-corrected chi connectivity index (χ2v) is 5.17. The van der Waals surface area contributed by atoms with E-state index in [9.17, 15) is 9.18 Å². The molecule has 5 heteroatoms. The third kappa shape index (κ3) is 2.81. The zero-order chi connectivity index (χ0) is 15.7. The van der Waals surface area contributed by atoms with Gasteiger partial charge in [-0.3, -0.25) is 10.2 Å². The van der Waals surface area contributed by atoms with Gasteiger partial charge in [-0.2, -0.15) is 0 Å². The van der Waals surface area contributed by atoms with E-state index in [0.29, 0.717) is 32.8 Å². The third-order valence-electron chi connectivity index (χ3n) is 3.29. The van der Waals surface area contributed by atoms with Gasteiger partial charge in [0.2, 0.25) is 0 Å². The molecule has 21 heavy (non-hydrogen) atoms. The zero-order valence-electron chi connectivity index (χ0n) is 11.6. The average Bonchev–Trinajstić information content (AvgIpc) is 2.40. The molecule has 0 aliphatic heterocycles. The van der Waals surface area contributed by atoms with Crippen LogP contribution in [-0.4, -0.2) is 11.6 Å². The van der Waals surface area contributed by atoms with Crippen LogP contribution in [0.25, 0.3) is 11.1 Å². The summed E-state index contributed by atoms with van der Waals surface area (Å²) in [5.74, 6) is -0.862. The highest BCUT2D eigenvalue weighted by Gasteiger charge is 2.20. The lowest BCUT2D eigenvalue weighted by atomic mass is 9.89. The van der Waals surface area contributed by atoms with E-state index in [1.54, 1.807) is 19.1 Å². The number of nitrogens with one attached hydrogen (secondary N) is 1. The van der Waals surface area contributed by atoms with Gasteiger partial charge in [0.1, 0.15) is 11.7 Å². The van der Waals surface area contributed by atoms with Crippen molar-refractivity contribution in [3.63, 3.8) is 0 Å². The number of hydrogen-bond donors (Lipinski definition) is 2. The minimum Gasteiger partial charge on any atom is -0.384 e. The Bertz CT molecular complexity index is 756. The summed E-state index contributed by atoms with van der Waals surface area (Å²) >= 11 is 6.12. The molecule has 0 aliphatic carbocycles. The molecule has 0 aromatic heterocycles. The molecule has 108 valence electrons. The number of halogens is 2. The van der Waals surface area contributed by atoms with Crippen molar-refractivity contribution in [3.05, 3.63) is 57.9 Å². The largest absolute Gasteiger partial charge is 0.384 e. The van der Waals surface area contributed by atoms with Crippen molar-refractivity contribution in [1.29, 1.82) is 5.41 Å². The molecule has 0 fully saturated rings. The summed E-state index contributed by atoms with van der Waals surface area (Å²) < 4.78 is 13.5. The molecule has 0 heterocycles. The van der Waals surface area contributed by atoms with Gasteiger partial charge >= 0.3 is 0 Å². The summed E-state index contributed by atoms with van der Waals surface area (Å²) in [4.78, 5) is 11.9. The second-order valence-electron chi connectivity index (χ2n) is 4.76. The SMILES string of the molecule is CC(=O)c1cc(Cl)c(C)c(C(=N)N)c1-c1cccc(F)c1. The van der Waals surface area contributed by atoms with E-state index >= 15 is 0 Å². The minimum atomic E-state index is -0.427. The quantitative estimate of drug-likeness (QED) is 0.512. The lowest BCUT2D eigenvalue weighted by Crippen LogP contribution is -2.17. The number of carbonyl (C=O) groups excluding carboxylic acids is 1. The van der Waals surface area contributed by atoms with Crippen LogP contribution in [0.3, 0.4) is 0 Å². The summed E-state index contributed by atoms with van der Waals surface area (Å²) in [6.07, 6.45) is 0. The Labute approximate surface area is 127 Å². The molecule has 0 atom stereocenters. The fraction of sp³-hybridized carbons (Fsp3) is 0.125. The number of amidine groups is 1. The number of carbonyl (C=O) groups is 1. The summed E-state index contributed by atoms with van der Waals surface area (Å²) in [5, 5.41) is 8.12. The summed E-state index contributed by atoms with van der Waals surface area (Å²) in [7, 11) is 0. The van der Waals surface area contributed by atoms with Crippen molar-refractivity contribution in [3.8, 4) is 11.1 Å². The maximum absolute atomic E-state index is 13.5. The van der Waals surface area contributed by atoms with Crippen LogP contribution in [0.2, 0.25) is 5.02 Å². The Hall–Kier alpha value is -2.20. The van der Waals surface area contributed by atoms with Crippen LogP contribution < -0.4 is 5.73 Å². The number of hydrogen-bond acceptors (Lipinski definition) is 2. The van der Waals surface area contributed by atoms with E-state index in [1.165, 1.54) is 25.1 Å². The molecule has 0 saturated heterocycles. The Kier molecular flexibility index (Phi) is 4.09. The van der Waals surface area contributed by atoms with Gasteiger partial charge in [-0.05, 0) is 43.2 Å². The van der Waals surface area contributed by atoms with Gasteiger partial charge in [-0.25, -0.2) is 4.39 Å². The number of nitrogens with two attached hydrogens (primary N) is 1. The molecular formula is C16H14ClFN2O. The first-order valence-electron chi connectivity index (χ1n) is 6.27. The highest BCUT2D eigenvalue weighted by molar-refractivity contribution is 6.33. The lowest BCUT2D eigenvalue weighted by molar-refractivity contribution is 0.101. The zero-order valence-corrected chi connectivity index (χ0v) is 12.4. The van der Waals surface area contributed by atoms with Gasteiger partial charge in [0.05, 0.1) is 0 Å². The smallest absolute Gasteiger partial charge is 0.160 e. The van der Waals surface area contributed by atoms with Crippen molar-refractivity contribution in [2.45, 2.75) is 13.8 Å². The Morgan fingerprint density at radius 1 is 1.33 bits per heavy atom. The van der Waals surface area contributed by atoms with Crippen LogP contribution in [0.4, 0.5) is 4.39 Å². The van der Waals surface area contributed by atoms with Gasteiger partial charge in [0.15, 0.2) is 5.78 Å². The Morgan fingerprint density at radius 2 is 2.00 bits per heavy atom. The molecule has 2 rings (SSSR count). The van der Waals surface area contributed by atoms with Gasteiger partial charge in [-0.1, -0.05) is 23.7 Å². The van der Waals surface area contributed by atoms with Gasteiger partial charge in [-0.15, -0.1) is 0 Å². The number of benzene rings is 2. The maximum Gasteiger partial charge on any atom is 0.160 e. The van der Waals surface area contributed by atoms with E-state index in [1.807, 2.05) is 0 Å². The standard InChI is InChI=1S/C16H14ClFN2O/c1-8-13(17)7-12(9(2)21)15(14(8)16(19)20)10-4-3-5-11(18)6-10/h3-7H,1-2H3,(H3,19,20). The first-order valence-corrected chi connectivity index (χ1v) is 6.65. The molecule has 0 aliphatic rings. The third-order valence-corrected chi connectivity index (χ3v) is 3.68. The summed E-state index contributed by atoms with van der Waals surface area (Å²) in [6.45, 7) is 3.11. The fourth-order valence-electron chi connectivity index (χ4n) is 2.31. The fourth-order valence-corrected chi connectivity index (χ4v) is 2.51. The monoisotopic (exact) mass is 304 g/mol. The molecule has 0 saturated carbocycles. The molecule has 2 aromatic carbocycles. The molecule has 0 spiro atoms. The van der Waals surface area contributed by atoms with Crippen LogP contribution in [-0.2, 0) is 0 Å². The second kappa shape index (κ2) is 5.66. The predicted molar refractivity (Wildman–Crippen MR) is 82.6 cm³/mol. The number of nitrogen functional groups attached to an aromatic ring is 1. The van der Waals surface area contributed by atoms with Crippen molar-refractivity contribution < 1.29 is 9.18 Å². The van der Waals surface area contributed by atoms with Crippen LogP contribution in [0.1, 0.15) is 28.4 Å². The molecule has 0 bridgehead atoms. The van der Waals surface area contributed by atoms with Crippen LogP contribution >= 0.6 is 11.6 Å². The van der Waals surface area contributed by atoms with E-state index in [0.717, 1.165) is 0 Å². The van der Waals surface area contributed by atoms with Crippen molar-refractivity contribution >= 4 is 23.2 Å². The normalized spacial score (nSPS) is 10.5. The van der Waals surface area contributed by atoms with Gasteiger partial charge < -0.3 is 5.73 Å². The van der Waals surface area contributed by atoms with Crippen LogP contribution in [0, 0.1) is 18.2 Å². The molecule has 0 unspecified atom stereocenters. The van der Waals surface area contributed by atoms with Crippen molar-refractivity contribution in [1.82, 2.24) is 0 Å². The Balaban J connectivity index is 2.93. The topological polar surface area (TPSA) is 66.9 Å². The highest BCUT2D eigenvalue weighted by atomic mass is 35.5. The summed E-state index contributed by atoms with van der Waals surface area (Å²) in [6, 6.07) is 7.37. The Morgan fingerprint density at radius 3 is 2.52 bits per heavy atom. The molecule has 2 aromatic rings. The maximum atomic E-state index is 13.5. The number of ketones is 1.